The van der Waals surface area contributed by atoms with Crippen molar-refractivity contribution in [2.24, 2.45) is 0 Å². The SMILES string of the molecule is O[C@]1(c2cn[nH]n2)CCN(c2ccccn2)C1. The topological polar surface area (TPSA) is 77.9 Å². The number of hydrogen-bond acceptors (Lipinski definition) is 5. The van der Waals surface area contributed by atoms with E-state index in [0.717, 1.165) is 12.4 Å². The number of aliphatic hydroxyl groups is 1. The first-order valence-electron chi connectivity index (χ1n) is 5.52. The van der Waals surface area contributed by atoms with Gasteiger partial charge in [0.1, 0.15) is 17.1 Å². The Morgan fingerprint density at radius 2 is 2.35 bits per heavy atom. The quantitative estimate of drug-likeness (QED) is 0.777. The van der Waals surface area contributed by atoms with Crippen molar-refractivity contribution < 1.29 is 5.11 Å². The summed E-state index contributed by atoms with van der Waals surface area (Å²) in [5.74, 6) is 0.881. The fraction of sp³-hybridized carbons (Fsp3) is 0.364. The number of β-amino-alcohol motifs (C(OH)–C–C–N with tert-alkyl or cyclic N) is 1. The van der Waals surface area contributed by atoms with Crippen molar-refractivity contribution in [2.75, 3.05) is 18.0 Å². The molecule has 2 N–H and O–H groups in total. The summed E-state index contributed by atoms with van der Waals surface area (Å²) in [5, 5.41) is 20.7. The van der Waals surface area contributed by atoms with Crippen molar-refractivity contribution >= 4 is 5.82 Å². The van der Waals surface area contributed by atoms with E-state index in [1.54, 1.807) is 12.4 Å². The Labute approximate surface area is 98.3 Å². The number of rotatable bonds is 2. The molecule has 0 bridgehead atoms. The van der Waals surface area contributed by atoms with Gasteiger partial charge in [0.25, 0.3) is 0 Å². The Morgan fingerprint density at radius 1 is 1.41 bits per heavy atom. The molecule has 0 radical (unpaired) electrons. The van der Waals surface area contributed by atoms with Crippen molar-refractivity contribution in [3.05, 3.63) is 36.3 Å². The molecule has 1 aliphatic rings. The van der Waals surface area contributed by atoms with E-state index in [9.17, 15) is 5.11 Å². The predicted octanol–water partition coefficient (Wildman–Crippen LogP) is 0.298. The highest BCUT2D eigenvalue weighted by molar-refractivity contribution is 5.41. The smallest absolute Gasteiger partial charge is 0.129 e. The summed E-state index contributed by atoms with van der Waals surface area (Å²) in [6.45, 7) is 1.26. The van der Waals surface area contributed by atoms with E-state index >= 15 is 0 Å². The van der Waals surface area contributed by atoms with E-state index < -0.39 is 5.60 Å². The number of hydrogen-bond donors (Lipinski definition) is 2. The van der Waals surface area contributed by atoms with Crippen LogP contribution in [0.3, 0.4) is 0 Å². The zero-order valence-electron chi connectivity index (χ0n) is 9.24. The molecule has 0 unspecified atom stereocenters. The average molecular weight is 231 g/mol. The molecule has 1 fully saturated rings. The molecule has 0 spiro atoms. The molecule has 88 valence electrons. The molecule has 2 aromatic rings. The molecule has 0 aromatic carbocycles. The molecule has 1 atom stereocenters. The minimum absolute atomic E-state index is 0.497. The van der Waals surface area contributed by atoms with Gasteiger partial charge < -0.3 is 10.0 Å². The number of aromatic amines is 1. The maximum Gasteiger partial charge on any atom is 0.129 e. The van der Waals surface area contributed by atoms with Crippen LogP contribution in [0.5, 0.6) is 0 Å². The van der Waals surface area contributed by atoms with Gasteiger partial charge in [-0.2, -0.15) is 15.4 Å². The lowest BCUT2D eigenvalue weighted by Crippen LogP contribution is -2.31. The van der Waals surface area contributed by atoms with Crippen molar-refractivity contribution in [1.29, 1.82) is 0 Å². The molecule has 0 amide bonds. The monoisotopic (exact) mass is 231 g/mol. The van der Waals surface area contributed by atoms with Gasteiger partial charge in [0.05, 0.1) is 12.7 Å². The molecule has 1 saturated heterocycles. The molecule has 2 aromatic heterocycles. The van der Waals surface area contributed by atoms with Crippen LogP contribution in [0.15, 0.2) is 30.6 Å². The average Bonchev–Trinajstić information content (AvgIpc) is 3.00. The standard InChI is InChI=1S/C11H13N5O/c17-11(9-7-13-15-14-9)4-6-16(8-11)10-3-1-2-5-12-10/h1-3,5,7,17H,4,6,8H2,(H,13,14,15)/t11-/m1/s1. The fourth-order valence-corrected chi connectivity index (χ4v) is 2.17. The first-order chi connectivity index (χ1) is 8.28. The molecule has 1 aliphatic heterocycles. The van der Waals surface area contributed by atoms with Gasteiger partial charge >= 0.3 is 0 Å². The first-order valence-corrected chi connectivity index (χ1v) is 5.52. The lowest BCUT2D eigenvalue weighted by molar-refractivity contribution is 0.0559. The van der Waals surface area contributed by atoms with Crippen LogP contribution in [-0.2, 0) is 5.60 Å². The highest BCUT2D eigenvalue weighted by atomic mass is 16.3. The van der Waals surface area contributed by atoms with E-state index in [0.29, 0.717) is 18.7 Å². The van der Waals surface area contributed by atoms with Crippen LogP contribution in [0.2, 0.25) is 0 Å². The van der Waals surface area contributed by atoms with E-state index in [2.05, 4.69) is 25.3 Å². The van der Waals surface area contributed by atoms with Gasteiger partial charge in [0.15, 0.2) is 0 Å². The maximum atomic E-state index is 10.5. The molecule has 3 heterocycles. The van der Waals surface area contributed by atoms with Gasteiger partial charge in [-0.3, -0.25) is 0 Å². The van der Waals surface area contributed by atoms with E-state index in [1.807, 2.05) is 18.2 Å². The second kappa shape index (κ2) is 3.81. The number of nitrogens with zero attached hydrogens (tertiary/aromatic N) is 4. The highest BCUT2D eigenvalue weighted by Gasteiger charge is 2.40. The first kappa shape index (κ1) is 10.2. The summed E-state index contributed by atoms with van der Waals surface area (Å²) in [5.41, 5.74) is -0.333. The minimum Gasteiger partial charge on any atom is -0.381 e. The number of pyridine rings is 1. The Balaban J connectivity index is 1.82. The molecular formula is C11H13N5O. The summed E-state index contributed by atoms with van der Waals surface area (Å²) >= 11 is 0. The van der Waals surface area contributed by atoms with Crippen LogP contribution in [0.1, 0.15) is 12.1 Å². The van der Waals surface area contributed by atoms with E-state index in [4.69, 9.17) is 0 Å². The Morgan fingerprint density at radius 3 is 3.06 bits per heavy atom. The summed E-state index contributed by atoms with van der Waals surface area (Å²) in [7, 11) is 0. The third-order valence-corrected chi connectivity index (χ3v) is 3.11. The van der Waals surface area contributed by atoms with E-state index in [-0.39, 0.29) is 0 Å². The fourth-order valence-electron chi connectivity index (χ4n) is 2.17. The van der Waals surface area contributed by atoms with Gasteiger partial charge in [-0.15, -0.1) is 0 Å². The molecule has 6 heteroatoms. The minimum atomic E-state index is -0.926. The number of H-pyrrole nitrogens is 1. The lowest BCUT2D eigenvalue weighted by atomic mass is 10.0. The Hall–Kier alpha value is -1.95. The highest BCUT2D eigenvalue weighted by Crippen LogP contribution is 2.32. The van der Waals surface area contributed by atoms with Crippen LogP contribution >= 0.6 is 0 Å². The van der Waals surface area contributed by atoms with Crippen LogP contribution in [0.25, 0.3) is 0 Å². The zero-order chi connectivity index (χ0) is 11.7. The van der Waals surface area contributed by atoms with Crippen LogP contribution in [0.4, 0.5) is 5.82 Å². The van der Waals surface area contributed by atoms with Crippen molar-refractivity contribution in [3.8, 4) is 0 Å². The Bertz CT molecular complexity index is 486. The van der Waals surface area contributed by atoms with Gasteiger partial charge in [0.2, 0.25) is 0 Å². The van der Waals surface area contributed by atoms with Crippen molar-refractivity contribution in [3.63, 3.8) is 0 Å². The Kier molecular flexibility index (Phi) is 2.29. The van der Waals surface area contributed by atoms with Gasteiger partial charge in [-0.1, -0.05) is 6.07 Å². The van der Waals surface area contributed by atoms with Gasteiger partial charge in [0, 0.05) is 19.2 Å². The normalized spacial score (nSPS) is 24.2. The second-order valence-corrected chi connectivity index (χ2v) is 4.25. The molecular weight excluding hydrogens is 218 g/mol. The third-order valence-electron chi connectivity index (χ3n) is 3.11. The third kappa shape index (κ3) is 1.76. The van der Waals surface area contributed by atoms with Crippen LogP contribution < -0.4 is 4.90 Å². The lowest BCUT2D eigenvalue weighted by Gasteiger charge is -2.21. The van der Waals surface area contributed by atoms with Crippen molar-refractivity contribution in [1.82, 2.24) is 20.4 Å². The summed E-state index contributed by atoms with van der Waals surface area (Å²) < 4.78 is 0. The molecule has 3 rings (SSSR count). The predicted molar refractivity (Wildman–Crippen MR) is 61.3 cm³/mol. The van der Waals surface area contributed by atoms with Crippen LogP contribution in [0, 0.1) is 0 Å². The van der Waals surface area contributed by atoms with Crippen LogP contribution in [-0.4, -0.2) is 38.6 Å². The number of nitrogens with one attached hydrogen (secondary N) is 1. The van der Waals surface area contributed by atoms with Gasteiger partial charge in [-0.05, 0) is 12.1 Å². The molecule has 0 aliphatic carbocycles. The molecule has 17 heavy (non-hydrogen) atoms. The van der Waals surface area contributed by atoms with Crippen molar-refractivity contribution in [2.45, 2.75) is 12.0 Å². The molecule has 0 saturated carbocycles. The maximum absolute atomic E-state index is 10.5. The van der Waals surface area contributed by atoms with E-state index in [1.165, 1.54) is 0 Å². The largest absolute Gasteiger partial charge is 0.381 e. The zero-order valence-corrected chi connectivity index (χ0v) is 9.24. The second-order valence-electron chi connectivity index (χ2n) is 4.25. The summed E-state index contributed by atoms with van der Waals surface area (Å²) in [6, 6.07) is 5.76. The molecule has 6 nitrogen and oxygen atoms in total. The number of aromatic nitrogens is 4. The number of anilines is 1. The summed E-state index contributed by atoms with van der Waals surface area (Å²) in [4.78, 5) is 6.33. The van der Waals surface area contributed by atoms with Gasteiger partial charge in [-0.25, -0.2) is 4.98 Å². The summed E-state index contributed by atoms with van der Waals surface area (Å²) in [6.07, 6.45) is 3.96.